The molecule has 4 rings (SSSR count). The van der Waals surface area contributed by atoms with Gasteiger partial charge in [-0.15, -0.1) is 0 Å². The lowest BCUT2D eigenvalue weighted by atomic mass is 10.0. The summed E-state index contributed by atoms with van der Waals surface area (Å²) in [5.41, 5.74) is 2.91. The Morgan fingerprint density at radius 2 is 1.77 bits per heavy atom. The molecular formula is C27H32N4O4. The molecule has 8 nitrogen and oxygen atoms in total. The minimum atomic E-state index is -0.564. The smallest absolute Gasteiger partial charge is 0.253 e. The molecule has 1 fully saturated rings. The Morgan fingerprint density at radius 1 is 1.06 bits per heavy atom. The predicted octanol–water partition coefficient (Wildman–Crippen LogP) is 3.76. The lowest BCUT2D eigenvalue weighted by Crippen LogP contribution is -2.51. The van der Waals surface area contributed by atoms with Gasteiger partial charge in [0.05, 0.1) is 0 Å². The highest BCUT2D eigenvalue weighted by Gasteiger charge is 2.33. The minimum absolute atomic E-state index is 0.0157. The van der Waals surface area contributed by atoms with Crippen LogP contribution in [0.1, 0.15) is 50.4 Å². The molecule has 2 aromatic carbocycles. The molecule has 0 aliphatic heterocycles. The maximum Gasteiger partial charge on any atom is 0.253 e. The Morgan fingerprint density at radius 3 is 2.43 bits per heavy atom. The van der Waals surface area contributed by atoms with Crippen LogP contribution >= 0.6 is 0 Å². The first-order valence-corrected chi connectivity index (χ1v) is 12.0. The molecule has 2 N–H and O–H groups in total. The van der Waals surface area contributed by atoms with Crippen LogP contribution < -0.4 is 10.6 Å². The lowest BCUT2D eigenvalue weighted by Gasteiger charge is -2.26. The third-order valence-electron chi connectivity index (χ3n) is 6.60. The molecule has 1 heterocycles. The van der Waals surface area contributed by atoms with Crippen molar-refractivity contribution in [2.45, 2.75) is 58.2 Å². The number of oxazole rings is 1. The van der Waals surface area contributed by atoms with Crippen LogP contribution in [0, 0.1) is 5.92 Å². The third kappa shape index (κ3) is 5.53. The number of hydrogen-bond acceptors (Lipinski definition) is 5. The van der Waals surface area contributed by atoms with Crippen LogP contribution in [-0.2, 0) is 9.59 Å². The van der Waals surface area contributed by atoms with E-state index in [2.05, 4.69) is 15.6 Å². The molecule has 184 valence electrons. The molecule has 3 amide bonds. The van der Waals surface area contributed by atoms with Gasteiger partial charge in [0.25, 0.3) is 5.91 Å². The first-order chi connectivity index (χ1) is 16.7. The van der Waals surface area contributed by atoms with Gasteiger partial charge in [0.1, 0.15) is 11.6 Å². The number of para-hydroxylation sites is 2. The second-order valence-electron chi connectivity index (χ2n) is 9.57. The largest absolute Gasteiger partial charge is 0.436 e. The molecule has 0 radical (unpaired) electrons. The molecule has 3 atom stereocenters. The second kappa shape index (κ2) is 10.3. The summed E-state index contributed by atoms with van der Waals surface area (Å²) in [5, 5.41) is 5.78. The van der Waals surface area contributed by atoms with Gasteiger partial charge in [0.15, 0.2) is 5.58 Å². The number of rotatable bonds is 7. The van der Waals surface area contributed by atoms with Gasteiger partial charge in [0, 0.05) is 37.2 Å². The Bertz CT molecular complexity index is 1180. The summed E-state index contributed by atoms with van der Waals surface area (Å²) in [6, 6.07) is 14.3. The predicted molar refractivity (Wildman–Crippen MR) is 134 cm³/mol. The fraction of sp³-hybridized carbons (Fsp3) is 0.407. The number of carbonyl (C=O) groups excluding carboxylic acids is 3. The molecular weight excluding hydrogens is 444 g/mol. The van der Waals surface area contributed by atoms with Gasteiger partial charge in [-0.05, 0) is 61.6 Å². The van der Waals surface area contributed by atoms with Crippen molar-refractivity contribution in [3.8, 4) is 11.5 Å². The molecule has 0 saturated heterocycles. The lowest BCUT2D eigenvalue weighted by molar-refractivity contribution is -0.129. The van der Waals surface area contributed by atoms with E-state index in [1.807, 2.05) is 50.2 Å². The highest BCUT2D eigenvalue weighted by molar-refractivity contribution is 5.94. The molecule has 1 aliphatic carbocycles. The van der Waals surface area contributed by atoms with Crippen molar-refractivity contribution in [3.05, 3.63) is 54.1 Å². The summed E-state index contributed by atoms with van der Waals surface area (Å²) in [6.07, 6.45) is 2.27. The number of benzene rings is 2. The van der Waals surface area contributed by atoms with Crippen molar-refractivity contribution in [2.24, 2.45) is 5.92 Å². The van der Waals surface area contributed by atoms with E-state index in [0.29, 0.717) is 17.9 Å². The topological polar surface area (TPSA) is 105 Å². The zero-order valence-electron chi connectivity index (χ0n) is 20.6. The number of aromatic nitrogens is 1. The summed E-state index contributed by atoms with van der Waals surface area (Å²) in [6.45, 7) is 5.22. The van der Waals surface area contributed by atoms with Gasteiger partial charge in [-0.2, -0.15) is 0 Å². The Hall–Kier alpha value is -3.68. The van der Waals surface area contributed by atoms with Crippen molar-refractivity contribution >= 4 is 28.8 Å². The molecule has 1 aliphatic rings. The van der Waals surface area contributed by atoms with Crippen molar-refractivity contribution in [3.63, 3.8) is 0 Å². The maximum absolute atomic E-state index is 13.1. The van der Waals surface area contributed by atoms with E-state index in [0.717, 1.165) is 29.5 Å². The van der Waals surface area contributed by atoms with Crippen molar-refractivity contribution < 1.29 is 18.8 Å². The first kappa shape index (κ1) is 24.4. The van der Waals surface area contributed by atoms with Gasteiger partial charge >= 0.3 is 0 Å². The highest BCUT2D eigenvalue weighted by atomic mass is 16.3. The van der Waals surface area contributed by atoms with Crippen molar-refractivity contribution in [2.75, 3.05) is 7.05 Å². The van der Waals surface area contributed by atoms with Gasteiger partial charge < -0.3 is 20.0 Å². The second-order valence-corrected chi connectivity index (χ2v) is 9.57. The molecule has 1 saturated carbocycles. The first-order valence-electron chi connectivity index (χ1n) is 12.0. The van der Waals surface area contributed by atoms with Gasteiger partial charge in [-0.25, -0.2) is 4.98 Å². The molecule has 0 spiro atoms. The Balaban J connectivity index is 1.36. The number of hydrogen-bond donors (Lipinski definition) is 2. The Kier molecular flexibility index (Phi) is 7.19. The summed E-state index contributed by atoms with van der Waals surface area (Å²) in [5.74, 6) is 0.0367. The SMILES string of the molecule is CC(=O)NC(C(=O)N[C@H]1CC[C@@H](N(C)C(=O)c2ccc(-c3nc4ccccc4o3)cc2)C1)C(C)C. The zero-order valence-corrected chi connectivity index (χ0v) is 20.6. The van der Waals surface area contributed by atoms with Crippen LogP contribution in [0.25, 0.3) is 22.6 Å². The van der Waals surface area contributed by atoms with E-state index in [9.17, 15) is 14.4 Å². The van der Waals surface area contributed by atoms with Gasteiger partial charge in [-0.3, -0.25) is 14.4 Å². The number of carbonyl (C=O) groups is 3. The van der Waals surface area contributed by atoms with E-state index in [1.165, 1.54) is 6.92 Å². The van der Waals surface area contributed by atoms with Crippen LogP contribution in [0.15, 0.2) is 52.9 Å². The number of fused-ring (bicyclic) bond motifs is 1. The van der Waals surface area contributed by atoms with Crippen LogP contribution in [0.2, 0.25) is 0 Å². The summed E-state index contributed by atoms with van der Waals surface area (Å²) in [4.78, 5) is 43.5. The summed E-state index contributed by atoms with van der Waals surface area (Å²) < 4.78 is 5.82. The Labute approximate surface area is 205 Å². The summed E-state index contributed by atoms with van der Waals surface area (Å²) in [7, 11) is 1.81. The van der Waals surface area contributed by atoms with Crippen LogP contribution in [0.4, 0.5) is 0 Å². The van der Waals surface area contributed by atoms with E-state index in [1.54, 1.807) is 24.1 Å². The average Bonchev–Trinajstić information content (AvgIpc) is 3.48. The highest BCUT2D eigenvalue weighted by Crippen LogP contribution is 2.27. The fourth-order valence-electron chi connectivity index (χ4n) is 4.61. The molecule has 3 aromatic rings. The number of nitrogens with zero attached hydrogens (tertiary/aromatic N) is 2. The van der Waals surface area contributed by atoms with Crippen molar-refractivity contribution in [1.82, 2.24) is 20.5 Å². The molecule has 1 unspecified atom stereocenters. The van der Waals surface area contributed by atoms with Gasteiger partial charge in [-0.1, -0.05) is 26.0 Å². The van der Waals surface area contributed by atoms with Crippen LogP contribution in [0.3, 0.4) is 0 Å². The van der Waals surface area contributed by atoms with E-state index >= 15 is 0 Å². The average molecular weight is 477 g/mol. The normalized spacial score (nSPS) is 18.4. The van der Waals surface area contributed by atoms with E-state index < -0.39 is 6.04 Å². The molecule has 0 bridgehead atoms. The third-order valence-corrected chi connectivity index (χ3v) is 6.60. The summed E-state index contributed by atoms with van der Waals surface area (Å²) >= 11 is 0. The van der Waals surface area contributed by atoms with Gasteiger partial charge in [0.2, 0.25) is 17.7 Å². The van der Waals surface area contributed by atoms with E-state index in [-0.39, 0.29) is 35.7 Å². The molecule has 1 aromatic heterocycles. The van der Waals surface area contributed by atoms with Crippen LogP contribution in [0.5, 0.6) is 0 Å². The minimum Gasteiger partial charge on any atom is -0.436 e. The maximum atomic E-state index is 13.1. The standard InChI is InChI=1S/C27H32N4O4/c1-16(2)24(28-17(3)32)25(33)29-20-13-14-21(15-20)31(4)27(34)19-11-9-18(10-12-19)26-30-22-7-5-6-8-23(22)35-26/h5-12,16,20-21,24H,13-15H2,1-4H3,(H,28,32)(H,29,33)/t20-,21+,24?/m0/s1. The van der Waals surface area contributed by atoms with Crippen molar-refractivity contribution in [1.29, 1.82) is 0 Å². The van der Waals surface area contributed by atoms with Crippen LogP contribution in [-0.4, -0.2) is 52.8 Å². The fourth-order valence-corrected chi connectivity index (χ4v) is 4.61. The zero-order chi connectivity index (χ0) is 25.1. The van der Waals surface area contributed by atoms with E-state index in [4.69, 9.17) is 4.42 Å². The monoisotopic (exact) mass is 476 g/mol. The molecule has 35 heavy (non-hydrogen) atoms. The number of nitrogens with one attached hydrogen (secondary N) is 2. The number of amides is 3. The quantitative estimate of drug-likeness (QED) is 0.540. The molecule has 8 heteroatoms.